The van der Waals surface area contributed by atoms with Gasteiger partial charge in [-0.15, -0.1) is 11.8 Å². The first kappa shape index (κ1) is 17.3. The van der Waals surface area contributed by atoms with Crippen molar-refractivity contribution < 1.29 is 4.79 Å². The minimum absolute atomic E-state index is 0.0259. The van der Waals surface area contributed by atoms with E-state index >= 15 is 0 Å². The monoisotopic (exact) mass is 360 g/mol. The van der Waals surface area contributed by atoms with Crippen LogP contribution in [0.5, 0.6) is 0 Å². The van der Waals surface area contributed by atoms with E-state index in [9.17, 15) is 4.79 Å². The van der Waals surface area contributed by atoms with E-state index in [0.29, 0.717) is 11.8 Å². The Morgan fingerprint density at radius 3 is 2.83 bits per heavy atom. The summed E-state index contributed by atoms with van der Waals surface area (Å²) in [6.07, 6.45) is 3.99. The molecule has 1 saturated carbocycles. The molecule has 126 valence electrons. The van der Waals surface area contributed by atoms with Crippen LogP contribution in [0.25, 0.3) is 0 Å². The zero-order valence-electron chi connectivity index (χ0n) is 13.7. The fourth-order valence-electron chi connectivity index (χ4n) is 2.81. The highest BCUT2D eigenvalue weighted by Gasteiger charge is 2.36. The van der Waals surface area contributed by atoms with Crippen molar-refractivity contribution in [3.8, 4) is 0 Å². The topological polar surface area (TPSA) is 33.2 Å². The van der Waals surface area contributed by atoms with E-state index < -0.39 is 0 Å². The van der Waals surface area contributed by atoms with Gasteiger partial charge < -0.3 is 4.90 Å². The van der Waals surface area contributed by atoms with E-state index in [4.69, 9.17) is 11.6 Å². The van der Waals surface area contributed by atoms with E-state index in [0.717, 1.165) is 34.9 Å². The number of pyridine rings is 1. The van der Waals surface area contributed by atoms with Crippen LogP contribution in [0, 0.1) is 0 Å². The van der Waals surface area contributed by atoms with Crippen LogP contribution in [0.2, 0.25) is 5.02 Å². The Bertz CT molecular complexity index is 691. The molecule has 0 N–H and O–H groups in total. The van der Waals surface area contributed by atoms with E-state index in [-0.39, 0.29) is 11.9 Å². The van der Waals surface area contributed by atoms with E-state index in [2.05, 4.69) is 11.9 Å². The molecule has 1 heterocycles. The van der Waals surface area contributed by atoms with Gasteiger partial charge in [-0.1, -0.05) is 29.8 Å². The molecular weight excluding hydrogens is 340 g/mol. The van der Waals surface area contributed by atoms with E-state index in [1.807, 2.05) is 47.4 Å². The van der Waals surface area contributed by atoms with Gasteiger partial charge in [-0.25, -0.2) is 0 Å². The normalized spacial score (nSPS) is 15.1. The molecule has 2 aromatic rings. The van der Waals surface area contributed by atoms with Gasteiger partial charge in [0.15, 0.2) is 0 Å². The third-order valence-corrected chi connectivity index (χ3v) is 5.37. The van der Waals surface area contributed by atoms with Crippen molar-refractivity contribution >= 4 is 29.3 Å². The summed E-state index contributed by atoms with van der Waals surface area (Å²) >= 11 is 7.64. The van der Waals surface area contributed by atoms with Crippen LogP contribution in [0.15, 0.2) is 48.7 Å². The van der Waals surface area contributed by atoms with Gasteiger partial charge in [0, 0.05) is 23.0 Å². The van der Waals surface area contributed by atoms with Crippen molar-refractivity contribution in [2.45, 2.75) is 37.6 Å². The number of halogens is 1. The van der Waals surface area contributed by atoms with Crippen molar-refractivity contribution in [3.63, 3.8) is 0 Å². The summed E-state index contributed by atoms with van der Waals surface area (Å²) in [6, 6.07) is 14.1. The summed E-state index contributed by atoms with van der Waals surface area (Å²) in [6.45, 7) is 2.07. The molecule has 1 aliphatic rings. The minimum Gasteiger partial charge on any atom is -0.331 e. The van der Waals surface area contributed by atoms with Gasteiger partial charge in [0.25, 0.3) is 0 Å². The van der Waals surface area contributed by atoms with Crippen LogP contribution in [-0.4, -0.2) is 27.6 Å². The molecule has 1 aromatic heterocycles. The molecule has 3 rings (SSSR count). The van der Waals surface area contributed by atoms with Crippen LogP contribution in [0.1, 0.15) is 37.1 Å². The van der Waals surface area contributed by atoms with Gasteiger partial charge in [0.1, 0.15) is 0 Å². The van der Waals surface area contributed by atoms with E-state index in [1.54, 1.807) is 18.0 Å². The fraction of sp³-hybridized carbons (Fsp3) is 0.368. The first-order valence-corrected chi connectivity index (χ1v) is 9.72. The highest BCUT2D eigenvalue weighted by atomic mass is 35.5. The summed E-state index contributed by atoms with van der Waals surface area (Å²) < 4.78 is 0. The van der Waals surface area contributed by atoms with Crippen molar-refractivity contribution in [2.24, 2.45) is 0 Å². The lowest BCUT2D eigenvalue weighted by atomic mass is 10.1. The smallest absolute Gasteiger partial charge is 0.233 e. The predicted molar refractivity (Wildman–Crippen MR) is 100 cm³/mol. The molecule has 24 heavy (non-hydrogen) atoms. The molecule has 1 amide bonds. The Hall–Kier alpha value is -1.52. The van der Waals surface area contributed by atoms with Gasteiger partial charge in [-0.05, 0) is 49.6 Å². The zero-order valence-corrected chi connectivity index (χ0v) is 15.3. The fourth-order valence-corrected chi connectivity index (χ4v) is 3.87. The summed E-state index contributed by atoms with van der Waals surface area (Å²) in [4.78, 5) is 19.2. The number of aromatic nitrogens is 1. The molecule has 1 aliphatic carbocycles. The van der Waals surface area contributed by atoms with Crippen LogP contribution in [0.3, 0.4) is 0 Å². The highest BCUT2D eigenvalue weighted by molar-refractivity contribution is 7.99. The number of rotatable bonds is 7. The first-order chi connectivity index (χ1) is 11.6. The summed E-state index contributed by atoms with van der Waals surface area (Å²) in [5.41, 5.74) is 2.11. The molecule has 0 aliphatic heterocycles. The Morgan fingerprint density at radius 1 is 1.33 bits per heavy atom. The second-order valence-corrected chi connectivity index (χ2v) is 7.51. The Morgan fingerprint density at radius 2 is 2.17 bits per heavy atom. The molecule has 1 atom stereocenters. The zero-order chi connectivity index (χ0) is 16.9. The van der Waals surface area contributed by atoms with Crippen molar-refractivity contribution in [3.05, 3.63) is 64.9 Å². The van der Waals surface area contributed by atoms with Gasteiger partial charge in [0.05, 0.1) is 17.5 Å². The van der Waals surface area contributed by atoms with Crippen LogP contribution in [-0.2, 0) is 10.5 Å². The Balaban J connectivity index is 1.59. The largest absolute Gasteiger partial charge is 0.331 e. The van der Waals surface area contributed by atoms with Crippen molar-refractivity contribution in [1.29, 1.82) is 0 Å². The molecular formula is C19H21ClN2OS. The molecule has 3 nitrogen and oxygen atoms in total. The number of hydrogen-bond donors (Lipinski definition) is 0. The summed E-state index contributed by atoms with van der Waals surface area (Å²) in [7, 11) is 0. The number of amides is 1. The lowest BCUT2D eigenvalue weighted by Gasteiger charge is -2.29. The van der Waals surface area contributed by atoms with Crippen LogP contribution < -0.4 is 0 Å². The maximum Gasteiger partial charge on any atom is 0.233 e. The number of hydrogen-bond acceptors (Lipinski definition) is 3. The van der Waals surface area contributed by atoms with Crippen molar-refractivity contribution in [2.75, 3.05) is 5.75 Å². The molecule has 1 aromatic carbocycles. The summed E-state index contributed by atoms with van der Waals surface area (Å²) in [5.74, 6) is 1.48. The second-order valence-electron chi connectivity index (χ2n) is 6.09. The average molecular weight is 361 g/mol. The highest BCUT2D eigenvalue weighted by Crippen LogP contribution is 2.34. The first-order valence-electron chi connectivity index (χ1n) is 8.19. The molecule has 0 saturated heterocycles. The number of nitrogens with zero attached hydrogens (tertiary/aromatic N) is 2. The third kappa shape index (κ3) is 4.52. The van der Waals surface area contributed by atoms with Gasteiger partial charge in [-0.2, -0.15) is 0 Å². The molecule has 1 unspecified atom stereocenters. The standard InChI is InChI=1S/C19H21ClN2OS/c1-14(18-7-2-3-10-21-18)22(17-8-9-17)19(23)13-24-12-15-5-4-6-16(20)11-15/h2-7,10-11,14,17H,8-9,12-13H2,1H3. The van der Waals surface area contributed by atoms with Gasteiger partial charge >= 0.3 is 0 Å². The maximum atomic E-state index is 12.7. The van der Waals surface area contributed by atoms with Crippen molar-refractivity contribution in [1.82, 2.24) is 9.88 Å². The average Bonchev–Trinajstić information content (AvgIpc) is 3.41. The molecule has 0 spiro atoms. The minimum atomic E-state index is 0.0259. The van der Waals surface area contributed by atoms with Gasteiger partial charge in [0.2, 0.25) is 5.91 Å². The SMILES string of the molecule is CC(c1ccccn1)N(C(=O)CSCc1cccc(Cl)c1)C1CC1. The predicted octanol–water partition coefficient (Wildman–Crippen LogP) is 4.72. The summed E-state index contributed by atoms with van der Waals surface area (Å²) in [5, 5.41) is 0.739. The number of carbonyl (C=O) groups is 1. The molecule has 5 heteroatoms. The molecule has 1 fully saturated rings. The number of carbonyl (C=O) groups excluding carboxylic acids is 1. The Kier molecular flexibility index (Phi) is 5.80. The van der Waals surface area contributed by atoms with Crippen LogP contribution in [0.4, 0.5) is 0 Å². The second kappa shape index (κ2) is 8.04. The number of benzene rings is 1. The molecule has 0 bridgehead atoms. The quantitative estimate of drug-likeness (QED) is 0.716. The Labute approximate surface area is 152 Å². The lowest BCUT2D eigenvalue weighted by molar-refractivity contribution is -0.131. The van der Waals surface area contributed by atoms with E-state index in [1.165, 1.54) is 0 Å². The maximum absolute atomic E-state index is 12.7. The third-order valence-electron chi connectivity index (χ3n) is 4.14. The van der Waals surface area contributed by atoms with Crippen LogP contribution >= 0.6 is 23.4 Å². The number of thioether (sulfide) groups is 1. The van der Waals surface area contributed by atoms with Gasteiger partial charge in [-0.3, -0.25) is 9.78 Å². The molecule has 0 radical (unpaired) electrons. The lowest BCUT2D eigenvalue weighted by Crippen LogP contribution is -2.37.